The maximum atomic E-state index is 6.45. The van der Waals surface area contributed by atoms with E-state index in [0.29, 0.717) is 0 Å². The molecule has 166 valence electrons. The van der Waals surface area contributed by atoms with Gasteiger partial charge in [0.05, 0.1) is 0 Å². The van der Waals surface area contributed by atoms with E-state index in [4.69, 9.17) is 9.47 Å². The molecule has 0 unspecified atom stereocenters. The molecular formula is C32H23BO2. The largest absolute Gasteiger partial charge is 0.458 e. The van der Waals surface area contributed by atoms with Gasteiger partial charge in [0.1, 0.15) is 23.0 Å². The van der Waals surface area contributed by atoms with Gasteiger partial charge in [0.2, 0.25) is 0 Å². The van der Waals surface area contributed by atoms with Crippen LogP contribution in [0.1, 0.15) is 11.1 Å². The molecule has 0 bridgehead atoms. The maximum Gasteiger partial charge on any atom is 0.260 e. The summed E-state index contributed by atoms with van der Waals surface area (Å²) in [5, 5.41) is 0. The molecule has 2 nitrogen and oxygen atoms in total. The smallest absolute Gasteiger partial charge is 0.260 e. The van der Waals surface area contributed by atoms with E-state index in [9.17, 15) is 0 Å². The standard InChI is InChI=1S/C32H23BO2/c1-20-6-10-22(11-7-20)24-14-16-26-30(18-24)34-28-4-3-5-29-32(28)33(26)27-17-15-25(19-31(27)35-29)23-12-8-21(2)9-13-23/h3-19H,1-2H3. The highest BCUT2D eigenvalue weighted by atomic mass is 16.5. The molecule has 2 aliphatic heterocycles. The van der Waals surface area contributed by atoms with Crippen molar-refractivity contribution in [1.82, 2.24) is 0 Å². The van der Waals surface area contributed by atoms with E-state index in [0.717, 1.165) is 39.6 Å². The van der Waals surface area contributed by atoms with Crippen molar-refractivity contribution in [2.75, 3.05) is 0 Å². The Bertz CT molecular complexity index is 1480. The summed E-state index contributed by atoms with van der Waals surface area (Å²) in [6, 6.07) is 36.6. The van der Waals surface area contributed by atoms with Gasteiger partial charge in [0, 0.05) is 5.46 Å². The second-order valence-electron chi connectivity index (χ2n) is 9.54. The molecule has 5 aromatic carbocycles. The molecule has 5 aromatic rings. The van der Waals surface area contributed by atoms with E-state index < -0.39 is 0 Å². The van der Waals surface area contributed by atoms with Crippen LogP contribution in [0.25, 0.3) is 22.3 Å². The third-order valence-electron chi connectivity index (χ3n) is 7.17. The first-order chi connectivity index (χ1) is 17.1. The molecule has 0 fully saturated rings. The lowest BCUT2D eigenvalue weighted by Gasteiger charge is -2.33. The fourth-order valence-corrected chi connectivity index (χ4v) is 5.28. The Morgan fingerprint density at radius 2 is 0.886 bits per heavy atom. The summed E-state index contributed by atoms with van der Waals surface area (Å²) in [4.78, 5) is 0. The SMILES string of the molecule is Cc1ccc(-c2ccc3c(c2)Oc2cccc4c2B3c2ccc(-c3ccc(C)cc3)cc2O4)cc1. The first-order valence-corrected chi connectivity index (χ1v) is 12.0. The van der Waals surface area contributed by atoms with E-state index in [1.54, 1.807) is 0 Å². The Hall–Kier alpha value is -4.24. The third kappa shape index (κ3) is 3.27. The van der Waals surface area contributed by atoms with Crippen molar-refractivity contribution in [2.24, 2.45) is 0 Å². The van der Waals surface area contributed by atoms with Crippen LogP contribution in [0.4, 0.5) is 0 Å². The number of rotatable bonds is 2. The molecule has 0 aromatic heterocycles. The molecule has 0 aliphatic carbocycles. The molecule has 0 atom stereocenters. The predicted molar refractivity (Wildman–Crippen MR) is 144 cm³/mol. The molecule has 3 heteroatoms. The minimum atomic E-state index is 0.0767. The molecule has 0 saturated heterocycles. The summed E-state index contributed by atoms with van der Waals surface area (Å²) >= 11 is 0. The predicted octanol–water partition coefficient (Wildman–Crippen LogP) is 6.37. The summed E-state index contributed by atoms with van der Waals surface area (Å²) in [6.07, 6.45) is 0. The topological polar surface area (TPSA) is 18.5 Å². The molecule has 0 N–H and O–H groups in total. The van der Waals surface area contributed by atoms with Crippen LogP contribution < -0.4 is 25.9 Å². The lowest BCUT2D eigenvalue weighted by atomic mass is 9.35. The monoisotopic (exact) mass is 450 g/mol. The Balaban J connectivity index is 1.37. The van der Waals surface area contributed by atoms with Crippen LogP contribution in [0, 0.1) is 13.8 Å². The summed E-state index contributed by atoms with van der Waals surface area (Å²) in [5.74, 6) is 3.56. The van der Waals surface area contributed by atoms with Crippen molar-refractivity contribution in [3.8, 4) is 45.3 Å². The molecule has 2 heterocycles. The minimum Gasteiger partial charge on any atom is -0.458 e. The number of hydrogen-bond donors (Lipinski definition) is 0. The normalized spacial score (nSPS) is 12.7. The highest BCUT2D eigenvalue weighted by Crippen LogP contribution is 2.37. The fraction of sp³-hybridized carbons (Fsp3) is 0.0625. The van der Waals surface area contributed by atoms with Crippen molar-refractivity contribution in [3.63, 3.8) is 0 Å². The van der Waals surface area contributed by atoms with Crippen molar-refractivity contribution in [1.29, 1.82) is 0 Å². The highest BCUT2D eigenvalue weighted by Gasteiger charge is 2.40. The quantitative estimate of drug-likeness (QED) is 0.285. The zero-order chi connectivity index (χ0) is 23.5. The van der Waals surface area contributed by atoms with E-state index in [1.165, 1.54) is 33.2 Å². The van der Waals surface area contributed by atoms with Crippen LogP contribution in [-0.2, 0) is 0 Å². The molecule has 0 spiro atoms. The van der Waals surface area contributed by atoms with Gasteiger partial charge in [-0.15, -0.1) is 0 Å². The van der Waals surface area contributed by atoms with Crippen LogP contribution in [0.5, 0.6) is 23.0 Å². The number of ether oxygens (including phenoxy) is 2. The highest BCUT2D eigenvalue weighted by molar-refractivity contribution is 6.98. The average Bonchev–Trinajstić information content (AvgIpc) is 2.89. The van der Waals surface area contributed by atoms with E-state index in [1.807, 2.05) is 18.2 Å². The van der Waals surface area contributed by atoms with Gasteiger partial charge >= 0.3 is 0 Å². The van der Waals surface area contributed by atoms with Gasteiger partial charge < -0.3 is 9.47 Å². The lowest BCUT2D eigenvalue weighted by molar-refractivity contribution is 0.464. The van der Waals surface area contributed by atoms with E-state index in [-0.39, 0.29) is 6.71 Å². The van der Waals surface area contributed by atoms with E-state index >= 15 is 0 Å². The second-order valence-corrected chi connectivity index (χ2v) is 9.54. The first-order valence-electron chi connectivity index (χ1n) is 12.0. The molecule has 7 rings (SSSR count). The molecule has 0 saturated carbocycles. The van der Waals surface area contributed by atoms with Gasteiger partial charge in [-0.05, 0) is 71.3 Å². The first kappa shape index (κ1) is 20.2. The molecule has 35 heavy (non-hydrogen) atoms. The average molecular weight is 450 g/mol. The molecule has 0 radical (unpaired) electrons. The minimum absolute atomic E-state index is 0.0767. The third-order valence-corrected chi connectivity index (χ3v) is 7.17. The van der Waals surface area contributed by atoms with Crippen molar-refractivity contribution >= 4 is 23.1 Å². The van der Waals surface area contributed by atoms with Crippen LogP contribution in [0.15, 0.2) is 103 Å². The summed E-state index contributed by atoms with van der Waals surface area (Å²) < 4.78 is 12.9. The van der Waals surface area contributed by atoms with Gasteiger partial charge in [-0.25, -0.2) is 0 Å². The molecule has 2 aliphatic rings. The van der Waals surface area contributed by atoms with Crippen LogP contribution >= 0.6 is 0 Å². The molecular weight excluding hydrogens is 427 g/mol. The van der Waals surface area contributed by atoms with Gasteiger partial charge in [0.15, 0.2) is 0 Å². The Morgan fingerprint density at radius 1 is 0.457 bits per heavy atom. The zero-order valence-corrected chi connectivity index (χ0v) is 19.7. The summed E-state index contributed by atoms with van der Waals surface area (Å²) in [6.45, 7) is 4.30. The Morgan fingerprint density at radius 3 is 1.34 bits per heavy atom. The van der Waals surface area contributed by atoms with E-state index in [2.05, 4.69) is 98.8 Å². The van der Waals surface area contributed by atoms with Crippen molar-refractivity contribution < 1.29 is 9.47 Å². The fourth-order valence-electron chi connectivity index (χ4n) is 5.28. The van der Waals surface area contributed by atoms with Gasteiger partial charge in [0.25, 0.3) is 6.71 Å². The maximum absolute atomic E-state index is 6.45. The van der Waals surface area contributed by atoms with Gasteiger partial charge in [-0.1, -0.05) is 90.0 Å². The van der Waals surface area contributed by atoms with Crippen LogP contribution in [-0.4, -0.2) is 6.71 Å². The van der Waals surface area contributed by atoms with Gasteiger partial charge in [-0.3, -0.25) is 0 Å². The Kier molecular flexibility index (Phi) is 4.40. The van der Waals surface area contributed by atoms with Crippen molar-refractivity contribution in [2.45, 2.75) is 13.8 Å². The summed E-state index contributed by atoms with van der Waals surface area (Å²) in [5.41, 5.74) is 10.7. The number of fused-ring (bicyclic) bond motifs is 4. The second kappa shape index (κ2) is 7.64. The Labute approximate surface area is 205 Å². The molecule has 0 amide bonds. The number of hydrogen-bond acceptors (Lipinski definition) is 2. The van der Waals surface area contributed by atoms with Crippen LogP contribution in [0.2, 0.25) is 0 Å². The summed E-state index contributed by atoms with van der Waals surface area (Å²) in [7, 11) is 0. The zero-order valence-electron chi connectivity index (χ0n) is 19.7. The lowest BCUT2D eigenvalue weighted by Crippen LogP contribution is -2.57. The van der Waals surface area contributed by atoms with Crippen LogP contribution in [0.3, 0.4) is 0 Å². The number of benzene rings is 5. The van der Waals surface area contributed by atoms with Crippen molar-refractivity contribution in [3.05, 3.63) is 114 Å². The van der Waals surface area contributed by atoms with Gasteiger partial charge in [-0.2, -0.15) is 0 Å². The number of aryl methyl sites for hydroxylation is 2.